The molecule has 0 saturated carbocycles. The number of carboxylic acid groups (broad SMARTS) is 1. The van der Waals surface area contributed by atoms with Crippen molar-refractivity contribution in [1.82, 2.24) is 0 Å². The number of hydrogen-bond acceptors (Lipinski definition) is 3. The van der Waals surface area contributed by atoms with Gasteiger partial charge in [-0.2, -0.15) is 0 Å². The zero-order valence-corrected chi connectivity index (χ0v) is 6.59. The first-order valence-electron chi connectivity index (χ1n) is 2.84. The molecule has 0 aromatic rings. The lowest BCUT2D eigenvalue weighted by atomic mass is 10.4. The number of carbonyl (C=O) groups is 2. The second-order valence-corrected chi connectivity index (χ2v) is 1.94. The summed E-state index contributed by atoms with van der Waals surface area (Å²) >= 11 is 5.21. The van der Waals surface area contributed by atoms with E-state index < -0.39 is 16.8 Å². The molecule has 0 atom stereocenters. The van der Waals surface area contributed by atoms with Crippen LogP contribution in [0.2, 0.25) is 0 Å². The normalized spacial score (nSPS) is 11.8. The van der Waals surface area contributed by atoms with Crippen LogP contribution in [0.1, 0.15) is 6.92 Å². The minimum atomic E-state index is -1.34. The van der Waals surface area contributed by atoms with Crippen LogP contribution in [0, 0.1) is 0 Å². The monoisotopic (exact) mass is 178 g/mol. The summed E-state index contributed by atoms with van der Waals surface area (Å²) in [6.45, 7) is 1.75. The van der Waals surface area contributed by atoms with E-state index in [2.05, 4.69) is 4.74 Å². The Morgan fingerprint density at radius 3 is 2.55 bits per heavy atom. The van der Waals surface area contributed by atoms with Crippen LogP contribution in [0.3, 0.4) is 0 Å². The Labute approximate surface area is 68.4 Å². The number of allylic oxidation sites excluding steroid dienone is 1. The van der Waals surface area contributed by atoms with Crippen LogP contribution in [-0.4, -0.2) is 24.0 Å². The maximum absolute atomic E-state index is 10.3. The topological polar surface area (TPSA) is 63.6 Å². The summed E-state index contributed by atoms with van der Waals surface area (Å²) in [5.41, 5.74) is 0. The van der Waals surface area contributed by atoms with Crippen molar-refractivity contribution in [2.75, 3.05) is 6.61 Å². The lowest BCUT2D eigenvalue weighted by Crippen LogP contribution is -2.07. The highest BCUT2D eigenvalue weighted by Gasteiger charge is 2.13. The molecule has 4 nitrogen and oxygen atoms in total. The molecule has 0 aliphatic carbocycles. The van der Waals surface area contributed by atoms with Crippen molar-refractivity contribution in [2.24, 2.45) is 0 Å². The number of carboxylic acids is 1. The Balaban J connectivity index is 4.56. The highest BCUT2D eigenvalue weighted by molar-refractivity contribution is 6.40. The van der Waals surface area contributed by atoms with Crippen molar-refractivity contribution in [3.8, 4) is 0 Å². The van der Waals surface area contributed by atoms with E-state index in [0.717, 1.165) is 0 Å². The molecule has 0 aromatic carbocycles. The van der Waals surface area contributed by atoms with Crippen LogP contribution >= 0.6 is 11.6 Å². The van der Waals surface area contributed by atoms with Crippen molar-refractivity contribution in [3.05, 3.63) is 10.8 Å². The maximum atomic E-state index is 10.3. The van der Waals surface area contributed by atoms with Gasteiger partial charge in [-0.1, -0.05) is 11.6 Å². The average molecular weight is 179 g/mol. The molecule has 0 aromatic heterocycles. The Hall–Kier alpha value is -1.03. The molecule has 0 spiro atoms. The summed E-state index contributed by atoms with van der Waals surface area (Å²) in [6, 6.07) is 0. The van der Waals surface area contributed by atoms with E-state index in [1.54, 1.807) is 6.92 Å². The summed E-state index contributed by atoms with van der Waals surface area (Å²) in [4.78, 5) is 20.3. The van der Waals surface area contributed by atoms with Crippen molar-refractivity contribution >= 4 is 23.9 Å². The van der Waals surface area contributed by atoms with Gasteiger partial charge in [0.25, 0.3) is 0 Å². The number of halogens is 1. The Bertz CT molecular complexity index is 197. The van der Waals surface area contributed by atoms with E-state index >= 15 is 0 Å². The third-order valence-corrected chi connectivity index (χ3v) is 1.06. The lowest BCUT2D eigenvalue weighted by molar-refractivity contribution is -0.136. The fraction of sp³-hybridized carbons (Fsp3) is 0.333. The molecular weight excluding hydrogens is 172 g/mol. The predicted molar refractivity (Wildman–Crippen MR) is 38.2 cm³/mol. The predicted octanol–water partition coefficient (Wildman–Crippen LogP) is 0.757. The molecule has 0 rings (SSSR count). The number of ether oxygens (including phenoxy) is 1. The molecule has 0 unspecified atom stereocenters. The van der Waals surface area contributed by atoms with Crippen LogP contribution in [0.25, 0.3) is 0 Å². The molecule has 0 amide bonds. The maximum Gasteiger partial charge on any atom is 0.372 e. The first-order chi connectivity index (χ1) is 5.13. The number of aliphatic carboxylic acids is 1. The van der Waals surface area contributed by atoms with E-state index in [0.29, 0.717) is 0 Å². The second kappa shape index (κ2) is 4.73. The van der Waals surface area contributed by atoms with Crippen molar-refractivity contribution in [3.63, 3.8) is 0 Å². The van der Waals surface area contributed by atoms with E-state index in [1.807, 2.05) is 0 Å². The van der Waals surface area contributed by atoms with E-state index in [-0.39, 0.29) is 12.9 Å². The number of aldehydes is 1. The van der Waals surface area contributed by atoms with Crippen LogP contribution in [0.5, 0.6) is 0 Å². The van der Waals surface area contributed by atoms with Crippen LogP contribution in [-0.2, 0) is 14.3 Å². The first-order valence-corrected chi connectivity index (χ1v) is 3.22. The van der Waals surface area contributed by atoms with Gasteiger partial charge in [-0.3, -0.25) is 4.79 Å². The van der Waals surface area contributed by atoms with Crippen molar-refractivity contribution in [2.45, 2.75) is 6.92 Å². The molecule has 62 valence electrons. The van der Waals surface area contributed by atoms with E-state index in [4.69, 9.17) is 16.7 Å². The Morgan fingerprint density at radius 1 is 1.73 bits per heavy atom. The molecule has 1 N–H and O–H groups in total. The van der Waals surface area contributed by atoms with Crippen LogP contribution in [0.15, 0.2) is 10.8 Å². The van der Waals surface area contributed by atoms with Gasteiger partial charge in [-0.25, -0.2) is 4.79 Å². The molecule has 11 heavy (non-hydrogen) atoms. The summed E-state index contributed by atoms with van der Waals surface area (Å²) in [5.74, 6) is -1.85. The molecule has 5 heteroatoms. The summed E-state index contributed by atoms with van der Waals surface area (Å²) in [7, 11) is 0. The highest BCUT2D eigenvalue weighted by Crippen LogP contribution is 2.08. The van der Waals surface area contributed by atoms with Gasteiger partial charge in [0.2, 0.25) is 5.76 Å². The van der Waals surface area contributed by atoms with Gasteiger partial charge in [0.1, 0.15) is 5.03 Å². The summed E-state index contributed by atoms with van der Waals surface area (Å²) in [5, 5.41) is 7.95. The zero-order valence-electron chi connectivity index (χ0n) is 5.83. The summed E-state index contributed by atoms with van der Waals surface area (Å²) in [6.07, 6.45) is 0.223. The SMILES string of the molecule is CCO/C(C(=O)O)=C(/Cl)C=O. The molecule has 0 bridgehead atoms. The van der Waals surface area contributed by atoms with Crippen molar-refractivity contribution < 1.29 is 19.4 Å². The van der Waals surface area contributed by atoms with E-state index in [9.17, 15) is 9.59 Å². The van der Waals surface area contributed by atoms with Gasteiger partial charge >= 0.3 is 5.97 Å². The molecule has 0 saturated heterocycles. The number of hydrogen-bond donors (Lipinski definition) is 1. The molecule has 0 fully saturated rings. The fourth-order valence-corrected chi connectivity index (χ4v) is 0.566. The van der Waals surface area contributed by atoms with E-state index in [1.165, 1.54) is 0 Å². The molecule has 0 aliphatic rings. The standard InChI is InChI=1S/C6H7ClO4/c1-2-11-5(6(9)10)4(7)3-8/h3H,2H2,1H3,(H,9,10)/b5-4+. The third-order valence-electron chi connectivity index (χ3n) is 0.803. The number of rotatable bonds is 4. The lowest BCUT2D eigenvalue weighted by Gasteiger charge is -2.02. The van der Waals surface area contributed by atoms with Gasteiger partial charge in [0.15, 0.2) is 6.29 Å². The molecule has 0 heterocycles. The highest BCUT2D eigenvalue weighted by atomic mass is 35.5. The van der Waals surface area contributed by atoms with Crippen LogP contribution < -0.4 is 0 Å². The van der Waals surface area contributed by atoms with Crippen LogP contribution in [0.4, 0.5) is 0 Å². The minimum absolute atomic E-state index is 0.158. The van der Waals surface area contributed by atoms with Gasteiger partial charge in [-0.15, -0.1) is 0 Å². The smallest absolute Gasteiger partial charge is 0.372 e. The quantitative estimate of drug-likeness (QED) is 0.392. The average Bonchev–Trinajstić information content (AvgIpc) is 1.98. The first kappa shape index (κ1) is 9.97. The second-order valence-electron chi connectivity index (χ2n) is 1.53. The summed E-state index contributed by atoms with van der Waals surface area (Å²) < 4.78 is 4.57. The fourth-order valence-electron chi connectivity index (χ4n) is 0.431. The molecular formula is C6H7ClO4. The molecule has 0 radical (unpaired) electrons. The van der Waals surface area contributed by atoms with Crippen molar-refractivity contribution in [1.29, 1.82) is 0 Å². The Kier molecular flexibility index (Phi) is 4.29. The van der Waals surface area contributed by atoms with Gasteiger partial charge in [0, 0.05) is 0 Å². The largest absolute Gasteiger partial charge is 0.486 e. The zero-order chi connectivity index (χ0) is 8.85. The number of carbonyl (C=O) groups excluding carboxylic acids is 1. The molecule has 0 aliphatic heterocycles. The minimum Gasteiger partial charge on any atom is -0.486 e. The third kappa shape index (κ3) is 3.04. The Morgan fingerprint density at radius 2 is 2.27 bits per heavy atom. The van der Waals surface area contributed by atoms with Gasteiger partial charge < -0.3 is 9.84 Å². The van der Waals surface area contributed by atoms with Gasteiger partial charge in [-0.05, 0) is 6.92 Å². The van der Waals surface area contributed by atoms with Gasteiger partial charge in [0.05, 0.1) is 6.61 Å².